The first-order valence-electron chi connectivity index (χ1n) is 5.81. The number of thioether (sulfide) groups is 1. The number of carbonyl (C=O) groups is 1. The average Bonchev–Trinajstić information content (AvgIpc) is 2.96. The summed E-state index contributed by atoms with van der Waals surface area (Å²) in [6, 6.07) is 3.29. The van der Waals surface area contributed by atoms with Gasteiger partial charge in [-0.2, -0.15) is 11.8 Å². The van der Waals surface area contributed by atoms with Gasteiger partial charge in [0.25, 0.3) is 0 Å². The van der Waals surface area contributed by atoms with Crippen LogP contribution >= 0.6 is 11.8 Å². The Balaban J connectivity index is 1.85. The molecule has 1 aliphatic rings. The molecule has 0 amide bonds. The van der Waals surface area contributed by atoms with E-state index in [9.17, 15) is 4.79 Å². The molecule has 2 N–H and O–H groups in total. The SMILES string of the molecule is CC(NCC1CCSC1)c1ccc(C(=O)O)o1. The van der Waals surface area contributed by atoms with Crippen molar-refractivity contribution in [2.75, 3.05) is 18.1 Å². The first-order valence-corrected chi connectivity index (χ1v) is 6.96. The van der Waals surface area contributed by atoms with Gasteiger partial charge in [-0.15, -0.1) is 0 Å². The zero-order chi connectivity index (χ0) is 12.3. The Morgan fingerprint density at radius 3 is 3.12 bits per heavy atom. The summed E-state index contributed by atoms with van der Waals surface area (Å²) in [6.07, 6.45) is 1.27. The van der Waals surface area contributed by atoms with Gasteiger partial charge >= 0.3 is 5.97 Å². The van der Waals surface area contributed by atoms with Gasteiger partial charge in [0.1, 0.15) is 5.76 Å². The maximum absolute atomic E-state index is 10.7. The Labute approximate surface area is 105 Å². The number of hydrogen-bond donors (Lipinski definition) is 2. The van der Waals surface area contributed by atoms with Crippen LogP contribution in [0.15, 0.2) is 16.5 Å². The zero-order valence-electron chi connectivity index (χ0n) is 9.81. The fraction of sp³-hybridized carbons (Fsp3) is 0.583. The molecule has 0 saturated carbocycles. The van der Waals surface area contributed by atoms with Crippen molar-refractivity contribution in [1.29, 1.82) is 0 Å². The number of carboxylic acid groups (broad SMARTS) is 1. The Bertz CT molecular complexity index is 385. The zero-order valence-corrected chi connectivity index (χ0v) is 10.6. The third kappa shape index (κ3) is 3.26. The molecule has 1 aromatic heterocycles. The molecule has 2 unspecified atom stereocenters. The van der Waals surface area contributed by atoms with E-state index >= 15 is 0 Å². The molecule has 1 saturated heterocycles. The second-order valence-corrected chi connectivity index (χ2v) is 5.52. The predicted molar refractivity (Wildman–Crippen MR) is 67.5 cm³/mol. The number of aromatic carboxylic acids is 1. The van der Waals surface area contributed by atoms with E-state index in [1.54, 1.807) is 6.07 Å². The summed E-state index contributed by atoms with van der Waals surface area (Å²) in [7, 11) is 0. The van der Waals surface area contributed by atoms with Gasteiger partial charge in [0, 0.05) is 0 Å². The third-order valence-corrected chi connectivity index (χ3v) is 4.23. The summed E-state index contributed by atoms with van der Waals surface area (Å²) >= 11 is 2.00. The number of carboxylic acids is 1. The Hall–Kier alpha value is -0.940. The molecule has 2 atom stereocenters. The standard InChI is InChI=1S/C12H17NO3S/c1-8(13-6-9-4-5-17-7-9)10-2-3-11(16-10)12(14)15/h2-3,8-9,13H,4-7H2,1H3,(H,14,15). The lowest BCUT2D eigenvalue weighted by Gasteiger charge is -2.14. The maximum Gasteiger partial charge on any atom is 0.371 e. The minimum Gasteiger partial charge on any atom is -0.475 e. The molecule has 0 aromatic carbocycles. The second kappa shape index (κ2) is 5.60. The number of furan rings is 1. The monoisotopic (exact) mass is 255 g/mol. The minimum absolute atomic E-state index is 0.00470. The first-order chi connectivity index (χ1) is 8.16. The fourth-order valence-electron chi connectivity index (χ4n) is 1.89. The van der Waals surface area contributed by atoms with Crippen molar-refractivity contribution in [3.8, 4) is 0 Å². The van der Waals surface area contributed by atoms with Crippen LogP contribution in [0.3, 0.4) is 0 Å². The summed E-state index contributed by atoms with van der Waals surface area (Å²) in [5.74, 6) is 2.88. The summed E-state index contributed by atoms with van der Waals surface area (Å²) < 4.78 is 5.25. The molecule has 1 aliphatic heterocycles. The Kier molecular flexibility index (Phi) is 4.12. The molecule has 17 heavy (non-hydrogen) atoms. The Morgan fingerprint density at radius 1 is 1.71 bits per heavy atom. The van der Waals surface area contributed by atoms with Crippen LogP contribution < -0.4 is 5.32 Å². The quantitative estimate of drug-likeness (QED) is 0.845. The van der Waals surface area contributed by atoms with Gasteiger partial charge in [-0.25, -0.2) is 4.79 Å². The minimum atomic E-state index is -1.02. The molecule has 0 bridgehead atoms. The molecule has 1 fully saturated rings. The molecular weight excluding hydrogens is 238 g/mol. The van der Waals surface area contributed by atoms with Crippen molar-refractivity contribution >= 4 is 17.7 Å². The van der Waals surface area contributed by atoms with Crippen LogP contribution in [0.25, 0.3) is 0 Å². The highest BCUT2D eigenvalue weighted by Gasteiger charge is 2.18. The van der Waals surface area contributed by atoms with Crippen molar-refractivity contribution < 1.29 is 14.3 Å². The molecule has 94 valence electrons. The third-order valence-electron chi connectivity index (χ3n) is 3.00. The predicted octanol–water partition coefficient (Wildman–Crippen LogP) is 2.38. The molecule has 2 rings (SSSR count). The van der Waals surface area contributed by atoms with Gasteiger partial charge < -0.3 is 14.8 Å². The van der Waals surface area contributed by atoms with E-state index in [4.69, 9.17) is 9.52 Å². The van der Waals surface area contributed by atoms with Crippen LogP contribution in [0.1, 0.15) is 35.7 Å². The second-order valence-electron chi connectivity index (χ2n) is 4.37. The normalized spacial score (nSPS) is 21.6. The maximum atomic E-state index is 10.7. The molecule has 0 radical (unpaired) electrons. The van der Waals surface area contributed by atoms with Crippen molar-refractivity contribution in [3.63, 3.8) is 0 Å². The number of nitrogens with one attached hydrogen (secondary N) is 1. The lowest BCUT2D eigenvalue weighted by atomic mass is 10.1. The van der Waals surface area contributed by atoms with Crippen molar-refractivity contribution in [3.05, 3.63) is 23.7 Å². The molecule has 4 nitrogen and oxygen atoms in total. The number of rotatable bonds is 5. The lowest BCUT2D eigenvalue weighted by Crippen LogP contribution is -2.25. The van der Waals surface area contributed by atoms with E-state index in [-0.39, 0.29) is 11.8 Å². The van der Waals surface area contributed by atoms with Gasteiger partial charge in [0.15, 0.2) is 0 Å². The van der Waals surface area contributed by atoms with Crippen LogP contribution in [0, 0.1) is 5.92 Å². The molecule has 0 aliphatic carbocycles. The van der Waals surface area contributed by atoms with E-state index in [2.05, 4.69) is 5.32 Å². The van der Waals surface area contributed by atoms with E-state index < -0.39 is 5.97 Å². The Morgan fingerprint density at radius 2 is 2.53 bits per heavy atom. The van der Waals surface area contributed by atoms with Crippen LogP contribution in [-0.2, 0) is 0 Å². The topological polar surface area (TPSA) is 62.5 Å². The summed E-state index contributed by atoms with van der Waals surface area (Å²) in [5.41, 5.74) is 0. The van der Waals surface area contributed by atoms with E-state index in [1.807, 2.05) is 18.7 Å². The summed E-state index contributed by atoms with van der Waals surface area (Å²) in [5, 5.41) is 12.2. The smallest absolute Gasteiger partial charge is 0.371 e. The van der Waals surface area contributed by atoms with E-state index in [0.717, 1.165) is 12.5 Å². The van der Waals surface area contributed by atoms with Crippen LogP contribution in [0.4, 0.5) is 0 Å². The lowest BCUT2D eigenvalue weighted by molar-refractivity contribution is 0.0659. The van der Waals surface area contributed by atoms with Gasteiger partial charge in [0.05, 0.1) is 6.04 Å². The molecular formula is C12H17NO3S. The highest BCUT2D eigenvalue weighted by atomic mass is 32.2. The summed E-state index contributed by atoms with van der Waals surface area (Å²) in [6.45, 7) is 2.96. The molecule has 5 heteroatoms. The average molecular weight is 255 g/mol. The van der Waals surface area contributed by atoms with E-state index in [0.29, 0.717) is 5.76 Å². The van der Waals surface area contributed by atoms with Crippen molar-refractivity contribution in [2.45, 2.75) is 19.4 Å². The molecule has 1 aromatic rings. The van der Waals surface area contributed by atoms with Crippen molar-refractivity contribution in [1.82, 2.24) is 5.32 Å². The van der Waals surface area contributed by atoms with E-state index in [1.165, 1.54) is 24.0 Å². The van der Waals surface area contributed by atoms with Gasteiger partial charge in [-0.3, -0.25) is 0 Å². The fourth-order valence-corrected chi connectivity index (χ4v) is 3.17. The van der Waals surface area contributed by atoms with Gasteiger partial charge in [-0.05, 0) is 49.4 Å². The van der Waals surface area contributed by atoms with Crippen LogP contribution in [0.5, 0.6) is 0 Å². The number of hydrogen-bond acceptors (Lipinski definition) is 4. The summed E-state index contributed by atoms with van der Waals surface area (Å²) in [4.78, 5) is 10.7. The largest absolute Gasteiger partial charge is 0.475 e. The van der Waals surface area contributed by atoms with Gasteiger partial charge in [0.2, 0.25) is 5.76 Å². The van der Waals surface area contributed by atoms with Crippen LogP contribution in [0.2, 0.25) is 0 Å². The van der Waals surface area contributed by atoms with Crippen LogP contribution in [-0.4, -0.2) is 29.1 Å². The van der Waals surface area contributed by atoms with Gasteiger partial charge in [-0.1, -0.05) is 0 Å². The highest BCUT2D eigenvalue weighted by Crippen LogP contribution is 2.24. The first kappa shape index (κ1) is 12.5. The molecule has 2 heterocycles. The van der Waals surface area contributed by atoms with Crippen molar-refractivity contribution in [2.24, 2.45) is 5.92 Å². The molecule has 0 spiro atoms. The highest BCUT2D eigenvalue weighted by molar-refractivity contribution is 7.99.